The molecule has 0 spiro atoms. The van der Waals surface area contributed by atoms with E-state index in [9.17, 15) is 4.39 Å². The van der Waals surface area contributed by atoms with E-state index in [1.54, 1.807) is 12.1 Å². The van der Waals surface area contributed by atoms with Gasteiger partial charge in [-0.05, 0) is 47.0 Å². The van der Waals surface area contributed by atoms with Gasteiger partial charge in [0.25, 0.3) is 0 Å². The highest BCUT2D eigenvalue weighted by atomic mass is 79.9. The Morgan fingerprint density at radius 1 is 1.53 bits per heavy atom. The van der Waals surface area contributed by atoms with Crippen molar-refractivity contribution >= 4 is 21.6 Å². The summed E-state index contributed by atoms with van der Waals surface area (Å²) >= 11 is 3.54. The maximum Gasteiger partial charge on any atom is 0.125 e. The molecule has 19 heavy (non-hydrogen) atoms. The summed E-state index contributed by atoms with van der Waals surface area (Å²) in [6.07, 6.45) is 1.16. The summed E-state index contributed by atoms with van der Waals surface area (Å²) in [4.78, 5) is 2.31. The predicted molar refractivity (Wildman–Crippen MR) is 82.2 cm³/mol. The van der Waals surface area contributed by atoms with Gasteiger partial charge in [0.05, 0.1) is 5.69 Å². The van der Waals surface area contributed by atoms with E-state index in [0.29, 0.717) is 18.0 Å². The van der Waals surface area contributed by atoms with Crippen LogP contribution in [-0.4, -0.2) is 25.2 Å². The molecule has 0 aliphatic carbocycles. The number of hydrogen-bond acceptors (Lipinski definition) is 2. The standard InChI is InChI=1S/C15H22BrFN2/c1-4-10(2)14-9-19(11(3)8-18-14)15-7-12(17)5-6-13(15)16/h5-7,10-11,14,18H,4,8-9H2,1-3H3. The van der Waals surface area contributed by atoms with Crippen LogP contribution in [0.2, 0.25) is 0 Å². The SMILES string of the molecule is CCC(C)C1CN(c2cc(F)ccc2Br)C(C)CN1. The molecule has 3 unspecified atom stereocenters. The van der Waals surface area contributed by atoms with Crippen molar-refractivity contribution in [2.45, 2.75) is 39.3 Å². The molecule has 1 aliphatic rings. The Bertz CT molecular complexity index is 438. The van der Waals surface area contributed by atoms with Crippen molar-refractivity contribution in [1.82, 2.24) is 5.32 Å². The van der Waals surface area contributed by atoms with Gasteiger partial charge in [-0.25, -0.2) is 4.39 Å². The van der Waals surface area contributed by atoms with E-state index >= 15 is 0 Å². The van der Waals surface area contributed by atoms with Gasteiger partial charge in [-0.2, -0.15) is 0 Å². The average molecular weight is 329 g/mol. The Morgan fingerprint density at radius 2 is 2.26 bits per heavy atom. The molecule has 2 rings (SSSR count). The number of benzene rings is 1. The van der Waals surface area contributed by atoms with Crippen LogP contribution < -0.4 is 10.2 Å². The molecule has 0 amide bonds. The van der Waals surface area contributed by atoms with E-state index in [4.69, 9.17) is 0 Å². The topological polar surface area (TPSA) is 15.3 Å². The number of halogens is 2. The molecule has 0 radical (unpaired) electrons. The summed E-state index contributed by atoms with van der Waals surface area (Å²) in [6.45, 7) is 8.53. The summed E-state index contributed by atoms with van der Waals surface area (Å²) in [5.41, 5.74) is 0.960. The molecule has 1 aromatic carbocycles. The van der Waals surface area contributed by atoms with Crippen LogP contribution in [-0.2, 0) is 0 Å². The van der Waals surface area contributed by atoms with Gasteiger partial charge in [0.1, 0.15) is 5.82 Å². The van der Waals surface area contributed by atoms with Crippen molar-refractivity contribution in [3.05, 3.63) is 28.5 Å². The molecule has 0 aromatic heterocycles. The molecular formula is C15H22BrFN2. The lowest BCUT2D eigenvalue weighted by molar-refractivity contribution is 0.315. The zero-order valence-corrected chi connectivity index (χ0v) is 13.4. The predicted octanol–water partition coefficient (Wildman–Crippen LogP) is 3.80. The lowest BCUT2D eigenvalue weighted by atomic mass is 9.95. The highest BCUT2D eigenvalue weighted by Crippen LogP contribution is 2.30. The van der Waals surface area contributed by atoms with Crippen LogP contribution in [0, 0.1) is 11.7 Å². The molecule has 3 atom stereocenters. The number of piperazine rings is 1. The second-order valence-corrected chi connectivity index (χ2v) is 6.35. The Hall–Kier alpha value is -0.610. The van der Waals surface area contributed by atoms with Crippen molar-refractivity contribution < 1.29 is 4.39 Å². The molecule has 106 valence electrons. The molecule has 1 aromatic rings. The third kappa shape index (κ3) is 3.29. The van der Waals surface area contributed by atoms with Crippen LogP contribution >= 0.6 is 15.9 Å². The fourth-order valence-corrected chi connectivity index (χ4v) is 3.07. The van der Waals surface area contributed by atoms with Crippen molar-refractivity contribution in [3.8, 4) is 0 Å². The molecule has 0 saturated carbocycles. The van der Waals surface area contributed by atoms with E-state index < -0.39 is 0 Å². The van der Waals surface area contributed by atoms with Gasteiger partial charge >= 0.3 is 0 Å². The Balaban J connectivity index is 2.23. The van der Waals surface area contributed by atoms with Crippen molar-refractivity contribution in [3.63, 3.8) is 0 Å². The van der Waals surface area contributed by atoms with E-state index in [1.807, 2.05) is 0 Å². The minimum atomic E-state index is -0.177. The summed E-state index contributed by atoms with van der Waals surface area (Å²) in [7, 11) is 0. The molecule has 1 N–H and O–H groups in total. The summed E-state index contributed by atoms with van der Waals surface area (Å²) in [5.74, 6) is 0.450. The second-order valence-electron chi connectivity index (χ2n) is 5.50. The zero-order valence-electron chi connectivity index (χ0n) is 11.8. The lowest BCUT2D eigenvalue weighted by Crippen LogP contribution is -2.57. The average Bonchev–Trinajstić information content (AvgIpc) is 2.41. The smallest absolute Gasteiger partial charge is 0.125 e. The minimum Gasteiger partial charge on any atom is -0.365 e. The second kappa shape index (κ2) is 6.23. The van der Waals surface area contributed by atoms with Gasteiger partial charge in [0.15, 0.2) is 0 Å². The highest BCUT2D eigenvalue weighted by Gasteiger charge is 2.28. The molecule has 2 nitrogen and oxygen atoms in total. The van der Waals surface area contributed by atoms with Gasteiger partial charge in [0, 0.05) is 29.6 Å². The molecule has 1 fully saturated rings. The number of hydrogen-bond donors (Lipinski definition) is 1. The van der Waals surface area contributed by atoms with Crippen LogP contribution in [0.1, 0.15) is 27.2 Å². The fraction of sp³-hybridized carbons (Fsp3) is 0.600. The van der Waals surface area contributed by atoms with Crippen LogP contribution in [0.25, 0.3) is 0 Å². The van der Waals surface area contributed by atoms with E-state index in [-0.39, 0.29) is 5.82 Å². The quantitative estimate of drug-likeness (QED) is 0.907. The minimum absolute atomic E-state index is 0.177. The molecule has 1 heterocycles. The Labute approximate surface area is 123 Å². The van der Waals surface area contributed by atoms with E-state index in [2.05, 4.69) is 46.9 Å². The summed E-state index contributed by atoms with van der Waals surface area (Å²) in [5, 5.41) is 3.60. The first-order valence-corrected chi connectivity index (χ1v) is 7.77. The molecule has 4 heteroatoms. The van der Waals surface area contributed by atoms with E-state index in [1.165, 1.54) is 6.07 Å². The molecule has 0 bridgehead atoms. The maximum atomic E-state index is 13.5. The number of rotatable bonds is 3. The number of nitrogens with one attached hydrogen (secondary N) is 1. The maximum absolute atomic E-state index is 13.5. The normalized spacial score (nSPS) is 25.4. The summed E-state index contributed by atoms with van der Waals surface area (Å²) < 4.78 is 14.5. The van der Waals surface area contributed by atoms with Crippen molar-refractivity contribution in [1.29, 1.82) is 0 Å². The molecule has 1 saturated heterocycles. The fourth-order valence-electron chi connectivity index (χ4n) is 2.60. The number of anilines is 1. The van der Waals surface area contributed by atoms with Crippen molar-refractivity contribution in [2.75, 3.05) is 18.0 Å². The first-order chi connectivity index (χ1) is 9.02. The molecule has 1 aliphatic heterocycles. The number of nitrogens with zero attached hydrogens (tertiary/aromatic N) is 1. The van der Waals surface area contributed by atoms with Gasteiger partial charge in [-0.3, -0.25) is 0 Å². The van der Waals surface area contributed by atoms with Crippen LogP contribution in [0.3, 0.4) is 0 Å². The van der Waals surface area contributed by atoms with Gasteiger partial charge in [-0.15, -0.1) is 0 Å². The third-order valence-electron chi connectivity index (χ3n) is 4.15. The Kier molecular flexibility index (Phi) is 4.85. The van der Waals surface area contributed by atoms with Gasteiger partial charge in [-0.1, -0.05) is 20.3 Å². The first-order valence-electron chi connectivity index (χ1n) is 6.98. The largest absolute Gasteiger partial charge is 0.365 e. The van der Waals surface area contributed by atoms with E-state index in [0.717, 1.165) is 29.7 Å². The third-order valence-corrected chi connectivity index (χ3v) is 4.82. The zero-order chi connectivity index (χ0) is 14.0. The lowest BCUT2D eigenvalue weighted by Gasteiger charge is -2.42. The Morgan fingerprint density at radius 3 is 2.95 bits per heavy atom. The monoisotopic (exact) mass is 328 g/mol. The van der Waals surface area contributed by atoms with Gasteiger partial charge in [0.2, 0.25) is 0 Å². The van der Waals surface area contributed by atoms with Crippen LogP contribution in [0.15, 0.2) is 22.7 Å². The van der Waals surface area contributed by atoms with Crippen LogP contribution in [0.4, 0.5) is 10.1 Å². The van der Waals surface area contributed by atoms with Gasteiger partial charge < -0.3 is 10.2 Å². The first kappa shape index (κ1) is 14.8. The molecular weight excluding hydrogens is 307 g/mol. The van der Waals surface area contributed by atoms with Crippen LogP contribution in [0.5, 0.6) is 0 Å². The summed E-state index contributed by atoms with van der Waals surface area (Å²) in [6, 6.07) is 5.75. The highest BCUT2D eigenvalue weighted by molar-refractivity contribution is 9.10. The van der Waals surface area contributed by atoms with Crippen molar-refractivity contribution in [2.24, 2.45) is 5.92 Å².